The fourth-order valence-corrected chi connectivity index (χ4v) is 4.15. The average molecular weight is 492 g/mol. The van der Waals surface area contributed by atoms with Crippen LogP contribution in [0, 0.1) is 5.82 Å². The van der Waals surface area contributed by atoms with Crippen molar-refractivity contribution in [3.8, 4) is 5.75 Å². The molecule has 34 heavy (non-hydrogen) atoms. The van der Waals surface area contributed by atoms with Gasteiger partial charge in [0, 0.05) is 11.1 Å². The van der Waals surface area contributed by atoms with Crippen LogP contribution in [0.25, 0.3) is 11.1 Å². The van der Waals surface area contributed by atoms with Gasteiger partial charge in [0.25, 0.3) is 0 Å². The maximum absolute atomic E-state index is 14.2. The van der Waals surface area contributed by atoms with Crippen LogP contribution in [-0.4, -0.2) is 16.1 Å². The molecule has 0 fully saturated rings. The van der Waals surface area contributed by atoms with Crippen LogP contribution >= 0.6 is 11.6 Å². The summed E-state index contributed by atoms with van der Waals surface area (Å²) in [5.74, 6) is -1.65. The van der Waals surface area contributed by atoms with E-state index in [2.05, 4.69) is 4.98 Å². The third kappa shape index (κ3) is 4.92. The van der Waals surface area contributed by atoms with Crippen molar-refractivity contribution in [1.29, 1.82) is 0 Å². The zero-order valence-electron chi connectivity index (χ0n) is 17.6. The van der Waals surface area contributed by atoms with E-state index in [1.807, 2.05) is 0 Å². The number of ether oxygens (including phenoxy) is 1. The van der Waals surface area contributed by atoms with Crippen LogP contribution in [0.15, 0.2) is 54.6 Å². The summed E-state index contributed by atoms with van der Waals surface area (Å²) >= 11 is 6.06. The lowest BCUT2D eigenvalue weighted by Gasteiger charge is -2.17. The Bertz CT molecular complexity index is 1270. The van der Waals surface area contributed by atoms with E-state index in [9.17, 15) is 27.5 Å². The Morgan fingerprint density at radius 2 is 1.79 bits per heavy atom. The molecule has 1 aliphatic rings. The second kappa shape index (κ2) is 9.46. The number of hydrogen-bond donors (Lipinski definition) is 1. The summed E-state index contributed by atoms with van der Waals surface area (Å²) in [7, 11) is 0. The molecule has 1 aliphatic carbocycles. The molecule has 0 saturated heterocycles. The molecule has 1 N–H and O–H groups in total. The molecule has 3 aromatic rings. The third-order valence-electron chi connectivity index (χ3n) is 5.56. The Hall–Kier alpha value is -3.39. The van der Waals surface area contributed by atoms with Crippen molar-refractivity contribution < 1.29 is 32.2 Å². The maximum Gasteiger partial charge on any atom is 0.416 e. The maximum atomic E-state index is 14.2. The molecule has 4 rings (SSSR count). The summed E-state index contributed by atoms with van der Waals surface area (Å²) < 4.78 is 60.5. The summed E-state index contributed by atoms with van der Waals surface area (Å²) in [6.07, 6.45) is -2.96. The summed E-state index contributed by atoms with van der Waals surface area (Å²) in [4.78, 5) is 15.5. The van der Waals surface area contributed by atoms with Gasteiger partial charge in [-0.25, -0.2) is 14.2 Å². The van der Waals surface area contributed by atoms with Gasteiger partial charge in [0.15, 0.2) is 0 Å². The summed E-state index contributed by atoms with van der Waals surface area (Å²) in [6.45, 7) is -0.279. The number of halogens is 5. The van der Waals surface area contributed by atoms with Crippen molar-refractivity contribution in [2.24, 2.45) is 0 Å². The van der Waals surface area contributed by atoms with Crippen LogP contribution in [0.1, 0.15) is 52.1 Å². The average Bonchev–Trinajstić information content (AvgIpc) is 3.28. The molecule has 0 unspecified atom stereocenters. The van der Waals surface area contributed by atoms with E-state index >= 15 is 0 Å². The molecule has 4 nitrogen and oxygen atoms in total. The van der Waals surface area contributed by atoms with E-state index in [1.54, 1.807) is 12.1 Å². The highest BCUT2D eigenvalue weighted by atomic mass is 35.5. The normalized spacial score (nSPS) is 13.9. The molecule has 2 aromatic carbocycles. The second-order valence-electron chi connectivity index (χ2n) is 7.72. The van der Waals surface area contributed by atoms with Crippen molar-refractivity contribution in [3.05, 3.63) is 93.5 Å². The van der Waals surface area contributed by atoms with Crippen LogP contribution in [-0.2, 0) is 12.8 Å². The predicted octanol–water partition coefficient (Wildman–Crippen LogP) is 7.26. The number of alkyl halides is 3. The predicted molar refractivity (Wildman–Crippen MR) is 119 cm³/mol. The largest absolute Gasteiger partial charge is 0.488 e. The van der Waals surface area contributed by atoms with Gasteiger partial charge in [-0.2, -0.15) is 13.2 Å². The van der Waals surface area contributed by atoms with Crippen molar-refractivity contribution in [3.63, 3.8) is 0 Å². The SMILES string of the molecule is O=C(O)c1cccc(C2=C(c3cc(C(F)(F)F)ccc3OCc3c(F)cccc3Cl)CCC2)n1. The summed E-state index contributed by atoms with van der Waals surface area (Å²) in [5, 5.41) is 9.41. The van der Waals surface area contributed by atoms with Gasteiger partial charge in [0.2, 0.25) is 0 Å². The van der Waals surface area contributed by atoms with E-state index in [0.717, 1.165) is 12.1 Å². The van der Waals surface area contributed by atoms with E-state index in [-0.39, 0.29) is 34.2 Å². The molecule has 9 heteroatoms. The first-order chi connectivity index (χ1) is 16.1. The Kier molecular flexibility index (Phi) is 6.61. The number of hydrogen-bond acceptors (Lipinski definition) is 3. The molecule has 176 valence electrons. The van der Waals surface area contributed by atoms with E-state index in [1.165, 1.54) is 30.3 Å². The smallest absolute Gasteiger partial charge is 0.416 e. The van der Waals surface area contributed by atoms with Gasteiger partial charge in [-0.3, -0.25) is 0 Å². The van der Waals surface area contributed by atoms with Gasteiger partial charge in [-0.15, -0.1) is 0 Å². The van der Waals surface area contributed by atoms with E-state index in [4.69, 9.17) is 16.3 Å². The topological polar surface area (TPSA) is 59.4 Å². The molecule has 0 spiro atoms. The molecule has 0 bridgehead atoms. The van der Waals surface area contributed by atoms with Crippen molar-refractivity contribution >= 4 is 28.7 Å². The molecule has 0 amide bonds. The number of nitrogens with zero attached hydrogens (tertiary/aromatic N) is 1. The van der Waals surface area contributed by atoms with Crippen LogP contribution in [0.2, 0.25) is 5.02 Å². The first kappa shape index (κ1) is 23.8. The second-order valence-corrected chi connectivity index (χ2v) is 8.13. The molecular formula is C25H18ClF4NO3. The molecule has 0 atom stereocenters. The van der Waals surface area contributed by atoms with Crippen LogP contribution < -0.4 is 4.74 Å². The molecule has 0 aliphatic heterocycles. The Labute approximate surface area is 197 Å². The van der Waals surface area contributed by atoms with Gasteiger partial charge >= 0.3 is 12.1 Å². The Balaban J connectivity index is 1.80. The number of pyridine rings is 1. The van der Waals surface area contributed by atoms with Gasteiger partial charge in [0.1, 0.15) is 23.9 Å². The van der Waals surface area contributed by atoms with Crippen LogP contribution in [0.4, 0.5) is 17.6 Å². The van der Waals surface area contributed by atoms with Crippen molar-refractivity contribution in [1.82, 2.24) is 4.98 Å². The van der Waals surface area contributed by atoms with Crippen LogP contribution in [0.5, 0.6) is 5.75 Å². The number of allylic oxidation sites excluding steroid dienone is 2. The van der Waals surface area contributed by atoms with Gasteiger partial charge in [-0.1, -0.05) is 23.7 Å². The monoisotopic (exact) mass is 491 g/mol. The number of rotatable bonds is 6. The van der Waals surface area contributed by atoms with Crippen molar-refractivity contribution in [2.75, 3.05) is 0 Å². The zero-order valence-corrected chi connectivity index (χ0v) is 18.4. The van der Waals surface area contributed by atoms with E-state index < -0.39 is 23.5 Å². The summed E-state index contributed by atoms with van der Waals surface area (Å²) in [5.41, 5.74) is 0.888. The lowest BCUT2D eigenvalue weighted by molar-refractivity contribution is -0.137. The third-order valence-corrected chi connectivity index (χ3v) is 5.92. The highest BCUT2D eigenvalue weighted by Gasteiger charge is 2.32. The number of benzene rings is 2. The number of aromatic carboxylic acids is 1. The number of aromatic nitrogens is 1. The fraction of sp³-hybridized carbons (Fsp3) is 0.200. The fourth-order valence-electron chi connectivity index (χ4n) is 3.93. The van der Waals surface area contributed by atoms with Gasteiger partial charge < -0.3 is 9.84 Å². The minimum atomic E-state index is -4.58. The highest BCUT2D eigenvalue weighted by molar-refractivity contribution is 6.31. The zero-order chi connectivity index (χ0) is 24.5. The molecule has 0 saturated carbocycles. The lowest BCUT2D eigenvalue weighted by atomic mass is 9.97. The molecule has 1 heterocycles. The first-order valence-electron chi connectivity index (χ1n) is 10.3. The minimum absolute atomic E-state index is 0.0893. The minimum Gasteiger partial charge on any atom is -0.488 e. The van der Waals surface area contributed by atoms with Crippen molar-refractivity contribution in [2.45, 2.75) is 32.0 Å². The quantitative estimate of drug-likeness (QED) is 0.368. The standard InChI is InChI=1S/C25H18ClF4NO3/c26-19-6-2-7-20(27)18(19)13-34-23-11-10-14(25(28,29)30)12-17(23)15-4-1-5-16(15)21-8-3-9-22(31-21)24(32)33/h2-3,6-12H,1,4-5,13H2,(H,32,33). The molecular weight excluding hydrogens is 474 g/mol. The summed E-state index contributed by atoms with van der Waals surface area (Å²) in [6, 6.07) is 11.8. The Morgan fingerprint density at radius 1 is 1.06 bits per heavy atom. The molecule has 1 aromatic heterocycles. The van der Waals surface area contributed by atoms with Gasteiger partial charge in [0.05, 0.1) is 16.3 Å². The number of carboxylic acids is 1. The molecule has 0 radical (unpaired) electrons. The number of carboxylic acid groups (broad SMARTS) is 1. The van der Waals surface area contributed by atoms with Gasteiger partial charge in [-0.05, 0) is 72.9 Å². The first-order valence-corrected chi connectivity index (χ1v) is 10.7. The number of carbonyl (C=O) groups is 1. The van der Waals surface area contributed by atoms with E-state index in [0.29, 0.717) is 36.1 Å². The lowest BCUT2D eigenvalue weighted by Crippen LogP contribution is -2.08. The van der Waals surface area contributed by atoms with Crippen LogP contribution in [0.3, 0.4) is 0 Å². The Morgan fingerprint density at radius 3 is 2.50 bits per heavy atom. The highest BCUT2D eigenvalue weighted by Crippen LogP contribution is 2.44.